The first-order valence-corrected chi connectivity index (χ1v) is 9.67. The van der Waals surface area contributed by atoms with Crippen LogP contribution in [0.15, 0.2) is 48.7 Å². The number of halogens is 2. The van der Waals surface area contributed by atoms with E-state index in [1.54, 1.807) is 30.3 Å². The highest BCUT2D eigenvalue weighted by molar-refractivity contribution is 6.34. The van der Waals surface area contributed by atoms with Gasteiger partial charge in [0.1, 0.15) is 6.61 Å². The zero-order chi connectivity index (χ0) is 22.7. The highest BCUT2D eigenvalue weighted by atomic mass is 35.5. The maximum Gasteiger partial charge on any atom is 0.260 e. The highest BCUT2D eigenvalue weighted by Gasteiger charge is 2.21. The molecule has 2 N–H and O–H groups in total. The number of nitriles is 1. The molecule has 2 aromatic heterocycles. The molecule has 0 saturated carbocycles. The monoisotopic (exact) mass is 451 g/mol. The van der Waals surface area contributed by atoms with Crippen LogP contribution in [0.2, 0.25) is 5.02 Å². The first-order chi connectivity index (χ1) is 15.5. The lowest BCUT2D eigenvalue weighted by Gasteiger charge is -2.12. The molecule has 0 aliphatic rings. The maximum atomic E-state index is 15.1. The minimum atomic E-state index is -0.890. The standard InChI is InChI=1S/C22H15ClFN5O3/c1-31-22-15-8-14(10-26-20(15)28-29-22)27-21(30)18-16(23)6-7-17(19(18)24)32-11-13-4-2-12(9-25)3-5-13/h2-8,10H,11H2,1H3,(H,27,30)(H,26,28,29). The fraction of sp³-hybridized carbons (Fsp3) is 0.0909. The number of carbonyl (C=O) groups excluding carboxylic acids is 1. The van der Waals surface area contributed by atoms with E-state index in [2.05, 4.69) is 20.5 Å². The van der Waals surface area contributed by atoms with E-state index in [4.69, 9.17) is 26.3 Å². The molecule has 8 nitrogen and oxygen atoms in total. The van der Waals surface area contributed by atoms with Crippen molar-refractivity contribution >= 4 is 34.2 Å². The van der Waals surface area contributed by atoms with Gasteiger partial charge in [-0.2, -0.15) is 5.26 Å². The summed E-state index contributed by atoms with van der Waals surface area (Å²) in [5, 5.41) is 18.6. The Hall–Kier alpha value is -4.16. The summed E-state index contributed by atoms with van der Waals surface area (Å²) in [7, 11) is 1.46. The zero-order valence-corrected chi connectivity index (χ0v) is 17.4. The van der Waals surface area contributed by atoms with Crippen molar-refractivity contribution in [3.8, 4) is 17.7 Å². The highest BCUT2D eigenvalue weighted by Crippen LogP contribution is 2.29. The number of methoxy groups -OCH3 is 1. The zero-order valence-electron chi connectivity index (χ0n) is 16.6. The number of rotatable bonds is 6. The summed E-state index contributed by atoms with van der Waals surface area (Å²) >= 11 is 6.10. The van der Waals surface area contributed by atoms with Crippen LogP contribution in [-0.2, 0) is 6.61 Å². The second-order valence-electron chi connectivity index (χ2n) is 6.64. The van der Waals surface area contributed by atoms with Gasteiger partial charge in [-0.15, -0.1) is 5.10 Å². The number of nitrogens with zero attached hydrogens (tertiary/aromatic N) is 3. The molecule has 32 heavy (non-hydrogen) atoms. The molecule has 0 aliphatic carbocycles. The van der Waals surface area contributed by atoms with Gasteiger partial charge >= 0.3 is 0 Å². The molecule has 2 heterocycles. The van der Waals surface area contributed by atoms with Gasteiger partial charge < -0.3 is 14.8 Å². The topological polar surface area (TPSA) is 113 Å². The van der Waals surface area contributed by atoms with Crippen LogP contribution in [0.3, 0.4) is 0 Å². The second kappa shape index (κ2) is 8.91. The number of ether oxygens (including phenoxy) is 2. The Morgan fingerprint density at radius 3 is 2.78 bits per heavy atom. The molecule has 0 aliphatic heterocycles. The smallest absolute Gasteiger partial charge is 0.260 e. The maximum absolute atomic E-state index is 15.1. The molecule has 1 amide bonds. The van der Waals surface area contributed by atoms with Gasteiger partial charge in [0.25, 0.3) is 5.91 Å². The third-order valence-corrected chi connectivity index (χ3v) is 4.91. The van der Waals surface area contributed by atoms with Crippen molar-refractivity contribution in [2.45, 2.75) is 6.61 Å². The Balaban J connectivity index is 1.55. The fourth-order valence-corrected chi connectivity index (χ4v) is 3.22. The van der Waals surface area contributed by atoms with Crippen molar-refractivity contribution in [3.05, 3.63) is 76.2 Å². The number of fused-ring (bicyclic) bond motifs is 1. The third kappa shape index (κ3) is 4.17. The second-order valence-corrected chi connectivity index (χ2v) is 7.05. The molecule has 0 fully saturated rings. The molecular formula is C22H15ClFN5O3. The van der Waals surface area contributed by atoms with Crippen LogP contribution in [0.4, 0.5) is 10.1 Å². The van der Waals surface area contributed by atoms with Crippen LogP contribution in [0.1, 0.15) is 21.5 Å². The van der Waals surface area contributed by atoms with Gasteiger partial charge in [-0.25, -0.2) is 9.37 Å². The number of aromatic amines is 1. The Bertz CT molecular complexity index is 1350. The lowest BCUT2D eigenvalue weighted by Crippen LogP contribution is -2.15. The van der Waals surface area contributed by atoms with E-state index in [0.717, 1.165) is 5.56 Å². The molecule has 4 rings (SSSR count). The molecule has 2 aromatic carbocycles. The number of hydrogen-bond acceptors (Lipinski definition) is 6. The molecule has 0 unspecified atom stereocenters. The van der Waals surface area contributed by atoms with Gasteiger partial charge in [0.2, 0.25) is 5.88 Å². The molecule has 0 atom stereocenters. The van der Waals surface area contributed by atoms with Gasteiger partial charge in [0.15, 0.2) is 17.2 Å². The number of pyridine rings is 1. The molecule has 0 bridgehead atoms. The summed E-state index contributed by atoms with van der Waals surface area (Å²) in [5.74, 6) is -1.47. The van der Waals surface area contributed by atoms with Crippen molar-refractivity contribution in [2.24, 2.45) is 0 Å². The van der Waals surface area contributed by atoms with E-state index >= 15 is 4.39 Å². The number of anilines is 1. The molecule has 160 valence electrons. The largest absolute Gasteiger partial charge is 0.486 e. The van der Waals surface area contributed by atoms with Crippen LogP contribution < -0.4 is 14.8 Å². The summed E-state index contributed by atoms with van der Waals surface area (Å²) in [6, 6.07) is 13.0. The Labute approximate surface area is 186 Å². The number of nitrogens with one attached hydrogen (secondary N) is 2. The van der Waals surface area contributed by atoms with E-state index < -0.39 is 11.7 Å². The fourth-order valence-electron chi connectivity index (χ4n) is 2.99. The first kappa shape index (κ1) is 21.1. The molecular weight excluding hydrogens is 437 g/mol. The van der Waals surface area contributed by atoms with Crippen LogP contribution in [0, 0.1) is 17.1 Å². The van der Waals surface area contributed by atoms with Crippen LogP contribution in [0.25, 0.3) is 11.0 Å². The minimum Gasteiger partial charge on any atom is -0.486 e. The van der Waals surface area contributed by atoms with E-state index in [1.807, 2.05) is 6.07 Å². The Kier molecular flexibility index (Phi) is 5.87. The van der Waals surface area contributed by atoms with E-state index in [0.29, 0.717) is 28.2 Å². The summed E-state index contributed by atoms with van der Waals surface area (Å²) < 4.78 is 25.7. The van der Waals surface area contributed by atoms with Gasteiger partial charge in [0.05, 0.1) is 46.6 Å². The summed E-state index contributed by atoms with van der Waals surface area (Å²) in [6.45, 7) is 0.0478. The van der Waals surface area contributed by atoms with E-state index in [-0.39, 0.29) is 22.9 Å². The summed E-state index contributed by atoms with van der Waals surface area (Å²) in [5.41, 5.74) is 1.66. The summed E-state index contributed by atoms with van der Waals surface area (Å²) in [6.07, 6.45) is 1.40. The Morgan fingerprint density at radius 2 is 2.06 bits per heavy atom. The predicted octanol–water partition coefficient (Wildman–Crippen LogP) is 4.46. The SMILES string of the molecule is COc1n[nH]c2ncc(NC(=O)c3c(Cl)ccc(OCc4ccc(C#N)cc4)c3F)cc12. The van der Waals surface area contributed by atoms with Crippen molar-refractivity contribution in [2.75, 3.05) is 12.4 Å². The number of hydrogen-bond donors (Lipinski definition) is 2. The third-order valence-electron chi connectivity index (χ3n) is 4.59. The molecule has 0 spiro atoms. The van der Waals surface area contributed by atoms with Gasteiger partial charge in [-0.3, -0.25) is 9.89 Å². The van der Waals surface area contributed by atoms with Gasteiger partial charge in [-0.1, -0.05) is 23.7 Å². The minimum absolute atomic E-state index is 0.0478. The van der Waals surface area contributed by atoms with Crippen molar-refractivity contribution in [1.82, 2.24) is 15.2 Å². The lowest BCUT2D eigenvalue weighted by molar-refractivity contribution is 0.102. The number of carbonyl (C=O) groups is 1. The quantitative estimate of drug-likeness (QED) is 0.447. The Morgan fingerprint density at radius 1 is 1.28 bits per heavy atom. The first-order valence-electron chi connectivity index (χ1n) is 9.29. The van der Waals surface area contributed by atoms with Gasteiger partial charge in [-0.05, 0) is 35.9 Å². The van der Waals surface area contributed by atoms with Crippen LogP contribution in [-0.4, -0.2) is 28.2 Å². The molecule has 0 radical (unpaired) electrons. The number of H-pyrrole nitrogens is 1. The van der Waals surface area contributed by atoms with Crippen LogP contribution >= 0.6 is 11.6 Å². The average molecular weight is 452 g/mol. The number of benzene rings is 2. The van der Waals surface area contributed by atoms with E-state index in [1.165, 1.54) is 25.4 Å². The summed E-state index contributed by atoms with van der Waals surface area (Å²) in [4.78, 5) is 16.9. The van der Waals surface area contributed by atoms with Crippen molar-refractivity contribution in [1.29, 1.82) is 5.26 Å². The molecule has 0 saturated heterocycles. The van der Waals surface area contributed by atoms with Crippen LogP contribution in [0.5, 0.6) is 11.6 Å². The normalized spacial score (nSPS) is 10.6. The number of amides is 1. The van der Waals surface area contributed by atoms with Crippen molar-refractivity contribution in [3.63, 3.8) is 0 Å². The van der Waals surface area contributed by atoms with Gasteiger partial charge in [0, 0.05) is 0 Å². The number of aromatic nitrogens is 3. The molecule has 10 heteroatoms. The van der Waals surface area contributed by atoms with E-state index in [9.17, 15) is 4.79 Å². The lowest BCUT2D eigenvalue weighted by atomic mass is 10.1. The average Bonchev–Trinajstić information content (AvgIpc) is 3.21. The molecule has 4 aromatic rings. The van der Waals surface area contributed by atoms with Crippen molar-refractivity contribution < 1.29 is 18.7 Å². The predicted molar refractivity (Wildman–Crippen MR) is 115 cm³/mol.